The van der Waals surface area contributed by atoms with Crippen molar-refractivity contribution in [2.24, 2.45) is 0 Å². The molecule has 13 heavy (non-hydrogen) atoms. The van der Waals surface area contributed by atoms with Gasteiger partial charge in [-0.15, -0.1) is 11.3 Å². The Morgan fingerprint density at radius 3 is 2.85 bits per heavy atom. The minimum absolute atomic E-state index is 0.115. The van der Waals surface area contributed by atoms with Crippen LogP contribution in [0.2, 0.25) is 0 Å². The van der Waals surface area contributed by atoms with Crippen molar-refractivity contribution in [2.45, 2.75) is 13.3 Å². The van der Waals surface area contributed by atoms with E-state index in [0.29, 0.717) is 5.39 Å². The van der Waals surface area contributed by atoms with Crippen molar-refractivity contribution in [3.05, 3.63) is 33.4 Å². The maximum Gasteiger partial charge on any atom is 0.132 e. The smallest absolute Gasteiger partial charge is 0.132 e. The number of hydrogen-bond donors (Lipinski definition) is 0. The van der Waals surface area contributed by atoms with Crippen LogP contribution in [0.25, 0.3) is 10.1 Å². The first-order chi connectivity index (χ1) is 6.20. The zero-order valence-electron chi connectivity index (χ0n) is 7.10. The molecule has 0 N–H and O–H groups in total. The molecule has 0 spiro atoms. The highest BCUT2D eigenvalue weighted by molar-refractivity contribution is 9.11. The van der Waals surface area contributed by atoms with Gasteiger partial charge in [0.05, 0.1) is 3.79 Å². The summed E-state index contributed by atoms with van der Waals surface area (Å²) in [5.41, 5.74) is 1.05. The molecule has 2 aromatic rings. The maximum atomic E-state index is 13.4. The predicted molar refractivity (Wildman–Crippen MR) is 58.9 cm³/mol. The quantitative estimate of drug-likeness (QED) is 0.713. The highest BCUT2D eigenvalue weighted by Gasteiger charge is 2.06. The Morgan fingerprint density at radius 1 is 1.38 bits per heavy atom. The van der Waals surface area contributed by atoms with Gasteiger partial charge in [-0.1, -0.05) is 6.92 Å². The average molecular weight is 259 g/mol. The van der Waals surface area contributed by atoms with Gasteiger partial charge in [0.2, 0.25) is 0 Å². The fourth-order valence-corrected chi connectivity index (χ4v) is 2.94. The summed E-state index contributed by atoms with van der Waals surface area (Å²) in [6, 6.07) is 5.49. The standard InChI is InChI=1S/C10H8BrFS/c1-2-6-3-8(12)7-5-10(11)13-9(7)4-6/h3-5H,2H2,1H3. The third kappa shape index (κ3) is 1.63. The van der Waals surface area contributed by atoms with E-state index in [0.717, 1.165) is 20.5 Å². The SMILES string of the molecule is CCc1cc(F)c2cc(Br)sc2c1. The van der Waals surface area contributed by atoms with Crippen molar-refractivity contribution in [3.63, 3.8) is 0 Å². The molecule has 0 nitrogen and oxygen atoms in total. The first kappa shape index (κ1) is 9.16. The summed E-state index contributed by atoms with van der Waals surface area (Å²) < 4.78 is 15.4. The number of aryl methyl sites for hydroxylation is 1. The topological polar surface area (TPSA) is 0 Å². The molecule has 1 aromatic heterocycles. The third-order valence-electron chi connectivity index (χ3n) is 2.02. The first-order valence-electron chi connectivity index (χ1n) is 4.08. The van der Waals surface area contributed by atoms with Crippen LogP contribution in [0.5, 0.6) is 0 Å². The lowest BCUT2D eigenvalue weighted by atomic mass is 10.1. The zero-order valence-corrected chi connectivity index (χ0v) is 9.51. The Kier molecular flexibility index (Phi) is 2.39. The average Bonchev–Trinajstić information content (AvgIpc) is 2.46. The summed E-state index contributed by atoms with van der Waals surface area (Å²) >= 11 is 4.93. The summed E-state index contributed by atoms with van der Waals surface area (Å²) in [7, 11) is 0. The lowest BCUT2D eigenvalue weighted by molar-refractivity contribution is 0.638. The van der Waals surface area contributed by atoms with Crippen molar-refractivity contribution in [1.29, 1.82) is 0 Å². The van der Waals surface area contributed by atoms with Gasteiger partial charge in [0.1, 0.15) is 5.82 Å². The van der Waals surface area contributed by atoms with Gasteiger partial charge in [0, 0.05) is 10.1 Å². The third-order valence-corrected chi connectivity index (χ3v) is 3.61. The summed E-state index contributed by atoms with van der Waals surface area (Å²) in [4.78, 5) is 0. The van der Waals surface area contributed by atoms with Gasteiger partial charge < -0.3 is 0 Å². The second-order valence-electron chi connectivity index (χ2n) is 2.89. The molecular formula is C10H8BrFS. The van der Waals surface area contributed by atoms with Crippen LogP contribution in [0, 0.1) is 5.82 Å². The van der Waals surface area contributed by atoms with E-state index >= 15 is 0 Å². The number of thiophene rings is 1. The maximum absolute atomic E-state index is 13.4. The van der Waals surface area contributed by atoms with Crippen molar-refractivity contribution in [2.75, 3.05) is 0 Å². The molecule has 3 heteroatoms. The van der Waals surface area contributed by atoms with Crippen molar-refractivity contribution < 1.29 is 4.39 Å². The summed E-state index contributed by atoms with van der Waals surface area (Å²) in [5.74, 6) is -0.115. The molecule has 0 unspecified atom stereocenters. The van der Waals surface area contributed by atoms with E-state index < -0.39 is 0 Å². The second-order valence-corrected chi connectivity index (χ2v) is 5.36. The lowest BCUT2D eigenvalue weighted by Gasteiger charge is -1.97. The molecule has 1 heterocycles. The van der Waals surface area contributed by atoms with Gasteiger partial charge in [0.15, 0.2) is 0 Å². The molecule has 0 aliphatic rings. The Bertz CT molecular complexity index is 447. The van der Waals surface area contributed by atoms with Crippen LogP contribution in [0.3, 0.4) is 0 Å². The van der Waals surface area contributed by atoms with Crippen molar-refractivity contribution in [3.8, 4) is 0 Å². The van der Waals surface area contributed by atoms with E-state index in [1.165, 1.54) is 0 Å². The van der Waals surface area contributed by atoms with Gasteiger partial charge in [0.25, 0.3) is 0 Å². The Hall–Kier alpha value is -0.410. The number of rotatable bonds is 1. The molecule has 0 bridgehead atoms. The van der Waals surface area contributed by atoms with Crippen LogP contribution < -0.4 is 0 Å². The molecule has 0 radical (unpaired) electrons. The summed E-state index contributed by atoms with van der Waals surface area (Å²) in [6.45, 7) is 2.03. The number of hydrogen-bond acceptors (Lipinski definition) is 1. The van der Waals surface area contributed by atoms with Crippen LogP contribution >= 0.6 is 27.3 Å². The minimum Gasteiger partial charge on any atom is -0.206 e. The highest BCUT2D eigenvalue weighted by Crippen LogP contribution is 2.32. The van der Waals surface area contributed by atoms with Crippen LogP contribution in [0.4, 0.5) is 4.39 Å². The number of halogens is 2. The van der Waals surface area contributed by atoms with Crippen LogP contribution in [0.1, 0.15) is 12.5 Å². The zero-order chi connectivity index (χ0) is 9.42. The van der Waals surface area contributed by atoms with Gasteiger partial charge >= 0.3 is 0 Å². The van der Waals surface area contributed by atoms with Crippen LogP contribution in [0.15, 0.2) is 22.0 Å². The number of benzene rings is 1. The largest absolute Gasteiger partial charge is 0.206 e. The Labute approximate surface area is 88.5 Å². The van der Waals surface area contributed by atoms with Crippen LogP contribution in [-0.2, 0) is 6.42 Å². The molecule has 0 fully saturated rings. The fraction of sp³-hybridized carbons (Fsp3) is 0.200. The lowest BCUT2D eigenvalue weighted by Crippen LogP contribution is -1.82. The van der Waals surface area contributed by atoms with E-state index in [4.69, 9.17) is 0 Å². The Balaban J connectivity index is 2.75. The van der Waals surface area contributed by atoms with E-state index in [2.05, 4.69) is 15.9 Å². The molecular weight excluding hydrogens is 251 g/mol. The van der Waals surface area contributed by atoms with Gasteiger partial charge in [-0.3, -0.25) is 0 Å². The number of fused-ring (bicyclic) bond motifs is 1. The Morgan fingerprint density at radius 2 is 2.15 bits per heavy atom. The normalized spacial score (nSPS) is 11.0. The van der Waals surface area contributed by atoms with E-state index in [1.807, 2.05) is 19.1 Å². The molecule has 0 saturated heterocycles. The van der Waals surface area contributed by atoms with E-state index in [-0.39, 0.29) is 5.82 Å². The molecule has 0 atom stereocenters. The van der Waals surface area contributed by atoms with E-state index in [9.17, 15) is 4.39 Å². The van der Waals surface area contributed by atoms with Crippen molar-refractivity contribution in [1.82, 2.24) is 0 Å². The van der Waals surface area contributed by atoms with Crippen LogP contribution in [-0.4, -0.2) is 0 Å². The van der Waals surface area contributed by atoms with E-state index in [1.54, 1.807) is 17.4 Å². The highest BCUT2D eigenvalue weighted by atomic mass is 79.9. The monoisotopic (exact) mass is 258 g/mol. The van der Waals surface area contributed by atoms with Gasteiger partial charge in [-0.05, 0) is 46.1 Å². The first-order valence-corrected chi connectivity index (χ1v) is 5.69. The van der Waals surface area contributed by atoms with Gasteiger partial charge in [-0.25, -0.2) is 4.39 Å². The molecule has 1 aromatic carbocycles. The summed E-state index contributed by atoms with van der Waals surface area (Å²) in [6.07, 6.45) is 0.877. The van der Waals surface area contributed by atoms with Crippen molar-refractivity contribution >= 4 is 37.4 Å². The predicted octanol–water partition coefficient (Wildman–Crippen LogP) is 4.37. The molecule has 0 aliphatic heterocycles. The summed E-state index contributed by atoms with van der Waals surface area (Å²) in [5, 5.41) is 0.717. The molecule has 0 amide bonds. The molecule has 0 aliphatic carbocycles. The molecule has 2 rings (SSSR count). The fourth-order valence-electron chi connectivity index (χ4n) is 1.32. The molecule has 0 saturated carbocycles. The second kappa shape index (κ2) is 3.39. The van der Waals surface area contributed by atoms with Gasteiger partial charge in [-0.2, -0.15) is 0 Å². The molecule has 68 valence electrons. The minimum atomic E-state index is -0.115.